The molecule has 0 atom stereocenters. The first-order valence-electron chi connectivity index (χ1n) is 7.00. The number of benzene rings is 1. The summed E-state index contributed by atoms with van der Waals surface area (Å²) in [5, 5.41) is 10.3. The number of rotatable bonds is 6. The molecule has 0 aromatic heterocycles. The third kappa shape index (κ3) is 5.95. The van der Waals surface area contributed by atoms with Gasteiger partial charge in [0.25, 0.3) is 0 Å². The Morgan fingerprint density at radius 3 is 2.35 bits per heavy atom. The van der Waals surface area contributed by atoms with Crippen molar-refractivity contribution in [2.24, 2.45) is 4.99 Å². The van der Waals surface area contributed by atoms with E-state index in [1.807, 2.05) is 0 Å². The van der Waals surface area contributed by atoms with Crippen LogP contribution in [0.1, 0.15) is 45.2 Å². The lowest BCUT2D eigenvalue weighted by Gasteiger charge is -2.19. The van der Waals surface area contributed by atoms with Gasteiger partial charge in [0.1, 0.15) is 0 Å². The Kier molecular flexibility index (Phi) is 5.86. The van der Waals surface area contributed by atoms with Gasteiger partial charge < -0.3 is 0 Å². The van der Waals surface area contributed by atoms with Crippen LogP contribution in [0.2, 0.25) is 0 Å². The van der Waals surface area contributed by atoms with Crippen LogP contribution in [0.4, 0.5) is 0 Å². The van der Waals surface area contributed by atoms with Crippen LogP contribution in [-0.2, 0) is 11.8 Å². The van der Waals surface area contributed by atoms with Gasteiger partial charge in [-0.05, 0) is 36.3 Å². The van der Waals surface area contributed by atoms with Crippen molar-refractivity contribution in [2.45, 2.75) is 46.0 Å². The van der Waals surface area contributed by atoms with Gasteiger partial charge in [0.15, 0.2) is 0 Å². The predicted octanol–water partition coefficient (Wildman–Crippen LogP) is 3.65. The van der Waals surface area contributed by atoms with Crippen molar-refractivity contribution < 1.29 is 4.92 Å². The van der Waals surface area contributed by atoms with Crippen molar-refractivity contribution in [3.8, 4) is 0 Å². The van der Waals surface area contributed by atoms with Crippen LogP contribution in [0.5, 0.6) is 0 Å². The van der Waals surface area contributed by atoms with Crippen LogP contribution in [0.3, 0.4) is 0 Å². The first-order valence-corrected chi connectivity index (χ1v) is 7.00. The molecule has 0 aliphatic heterocycles. The topological polar surface area (TPSA) is 55.5 Å². The quantitative estimate of drug-likeness (QED) is 0.344. The number of aryl methyl sites for hydroxylation is 1. The first-order chi connectivity index (χ1) is 9.29. The van der Waals surface area contributed by atoms with Crippen molar-refractivity contribution in [1.29, 1.82) is 0 Å². The molecule has 1 aromatic carbocycles. The minimum absolute atomic E-state index is 0.153. The highest BCUT2D eigenvalue weighted by Gasteiger charge is 2.12. The molecule has 0 amide bonds. The first kappa shape index (κ1) is 16.3. The van der Waals surface area contributed by atoms with Gasteiger partial charge in [-0.3, -0.25) is 15.1 Å². The Morgan fingerprint density at radius 2 is 1.85 bits per heavy atom. The van der Waals surface area contributed by atoms with Gasteiger partial charge >= 0.3 is 0 Å². The Balaban J connectivity index is 2.41. The lowest BCUT2D eigenvalue weighted by atomic mass is 9.86. The third-order valence-electron chi connectivity index (χ3n) is 3.18. The van der Waals surface area contributed by atoms with Crippen LogP contribution in [0, 0.1) is 10.1 Å². The van der Waals surface area contributed by atoms with E-state index < -0.39 is 0 Å². The highest BCUT2D eigenvalue weighted by molar-refractivity contribution is 5.82. The van der Waals surface area contributed by atoms with Crippen molar-refractivity contribution >= 4 is 5.71 Å². The van der Waals surface area contributed by atoms with Crippen LogP contribution in [0.25, 0.3) is 0 Å². The molecule has 0 saturated carbocycles. The second-order valence-electron chi connectivity index (χ2n) is 6.16. The van der Waals surface area contributed by atoms with E-state index in [1.165, 1.54) is 11.1 Å². The Bertz CT molecular complexity index is 470. The molecule has 1 aromatic rings. The van der Waals surface area contributed by atoms with E-state index >= 15 is 0 Å². The molecule has 0 N–H and O–H groups in total. The number of nitrogens with zero attached hydrogens (tertiary/aromatic N) is 2. The molecule has 0 spiro atoms. The monoisotopic (exact) mass is 276 g/mol. The summed E-state index contributed by atoms with van der Waals surface area (Å²) >= 11 is 0. The number of hydrogen-bond acceptors (Lipinski definition) is 3. The molecular formula is C16H24N2O2. The van der Waals surface area contributed by atoms with E-state index in [0.29, 0.717) is 12.3 Å². The van der Waals surface area contributed by atoms with Crippen LogP contribution in [0.15, 0.2) is 29.3 Å². The van der Waals surface area contributed by atoms with Gasteiger partial charge in [0, 0.05) is 11.5 Å². The molecule has 0 aliphatic rings. The van der Waals surface area contributed by atoms with E-state index in [9.17, 15) is 10.1 Å². The number of nitro groups is 1. The van der Waals surface area contributed by atoms with Gasteiger partial charge in [-0.15, -0.1) is 0 Å². The van der Waals surface area contributed by atoms with Gasteiger partial charge in [-0.2, -0.15) is 0 Å². The molecule has 1 rings (SSSR count). The van der Waals surface area contributed by atoms with E-state index in [0.717, 1.165) is 12.8 Å². The molecular weight excluding hydrogens is 252 g/mol. The SMILES string of the molecule is CC(C[N+](=O)[O-])=NCCCc1ccc(C(C)(C)C)cc1. The van der Waals surface area contributed by atoms with Crippen LogP contribution < -0.4 is 0 Å². The molecule has 20 heavy (non-hydrogen) atoms. The zero-order chi connectivity index (χ0) is 15.2. The second-order valence-corrected chi connectivity index (χ2v) is 6.16. The predicted molar refractivity (Wildman–Crippen MR) is 83.3 cm³/mol. The summed E-state index contributed by atoms with van der Waals surface area (Å²) in [6.07, 6.45) is 1.88. The zero-order valence-corrected chi connectivity index (χ0v) is 12.8. The molecule has 0 saturated heterocycles. The lowest BCUT2D eigenvalue weighted by molar-refractivity contribution is -0.463. The van der Waals surface area contributed by atoms with E-state index in [4.69, 9.17) is 0 Å². The fourth-order valence-electron chi connectivity index (χ4n) is 1.96. The summed E-state index contributed by atoms with van der Waals surface area (Å²) in [5.74, 6) is 0. The highest BCUT2D eigenvalue weighted by atomic mass is 16.6. The smallest absolute Gasteiger partial charge is 0.241 e. The fourth-order valence-corrected chi connectivity index (χ4v) is 1.96. The average Bonchev–Trinajstić information content (AvgIpc) is 2.33. The molecule has 4 heteroatoms. The number of hydrogen-bond donors (Lipinski definition) is 0. The molecule has 0 aliphatic carbocycles. The highest BCUT2D eigenvalue weighted by Crippen LogP contribution is 2.22. The van der Waals surface area contributed by atoms with Crippen molar-refractivity contribution in [2.75, 3.05) is 13.1 Å². The van der Waals surface area contributed by atoms with Crippen molar-refractivity contribution in [3.05, 3.63) is 45.5 Å². The van der Waals surface area contributed by atoms with E-state index in [-0.39, 0.29) is 16.9 Å². The number of aliphatic imine (C=N–C) groups is 1. The largest absolute Gasteiger partial charge is 0.288 e. The van der Waals surface area contributed by atoms with Gasteiger partial charge in [0.05, 0.1) is 5.71 Å². The van der Waals surface area contributed by atoms with Gasteiger partial charge in [0.2, 0.25) is 6.54 Å². The summed E-state index contributed by atoms with van der Waals surface area (Å²) in [6, 6.07) is 8.68. The van der Waals surface area contributed by atoms with Crippen LogP contribution in [-0.4, -0.2) is 23.7 Å². The van der Waals surface area contributed by atoms with Crippen molar-refractivity contribution in [3.63, 3.8) is 0 Å². The van der Waals surface area contributed by atoms with Gasteiger partial charge in [-0.1, -0.05) is 45.0 Å². The lowest BCUT2D eigenvalue weighted by Crippen LogP contribution is -2.11. The Labute approximate surface area is 121 Å². The summed E-state index contributed by atoms with van der Waals surface area (Å²) in [7, 11) is 0. The van der Waals surface area contributed by atoms with E-state index in [2.05, 4.69) is 50.0 Å². The molecule has 0 fully saturated rings. The minimum Gasteiger partial charge on any atom is -0.288 e. The van der Waals surface area contributed by atoms with Crippen molar-refractivity contribution in [1.82, 2.24) is 0 Å². The molecule has 0 bridgehead atoms. The maximum Gasteiger partial charge on any atom is 0.241 e. The summed E-state index contributed by atoms with van der Waals surface area (Å²) in [6.45, 7) is 8.82. The molecule has 0 unspecified atom stereocenters. The standard InChI is InChI=1S/C16H24N2O2/c1-13(12-18(19)20)17-11-5-6-14-7-9-15(10-8-14)16(2,3)4/h7-10H,5-6,11-12H2,1-4H3. The maximum absolute atomic E-state index is 10.3. The second kappa shape index (κ2) is 7.17. The average molecular weight is 276 g/mol. The normalized spacial score (nSPS) is 12.5. The molecule has 0 heterocycles. The third-order valence-corrected chi connectivity index (χ3v) is 3.18. The fraction of sp³-hybridized carbons (Fsp3) is 0.562. The zero-order valence-electron chi connectivity index (χ0n) is 12.8. The summed E-state index contributed by atoms with van der Waals surface area (Å²) in [4.78, 5) is 14.2. The van der Waals surface area contributed by atoms with Crippen LogP contribution >= 0.6 is 0 Å². The molecule has 0 radical (unpaired) electrons. The maximum atomic E-state index is 10.3. The summed E-state index contributed by atoms with van der Waals surface area (Å²) in [5.41, 5.74) is 3.40. The summed E-state index contributed by atoms with van der Waals surface area (Å²) < 4.78 is 0. The van der Waals surface area contributed by atoms with Gasteiger partial charge in [-0.25, -0.2) is 0 Å². The Hall–Kier alpha value is -1.71. The van der Waals surface area contributed by atoms with E-state index in [1.54, 1.807) is 6.92 Å². The minimum atomic E-state index is -0.343. The molecule has 110 valence electrons. The Morgan fingerprint density at radius 1 is 1.25 bits per heavy atom. The molecule has 4 nitrogen and oxygen atoms in total.